The van der Waals surface area contributed by atoms with Gasteiger partial charge in [-0.2, -0.15) is 0 Å². The van der Waals surface area contributed by atoms with E-state index in [1.165, 1.54) is 0 Å². The summed E-state index contributed by atoms with van der Waals surface area (Å²) in [5.74, 6) is 0.525. The molecular formula is C25H35FN3O4+. The first-order valence-electron chi connectivity index (χ1n) is 12.1. The van der Waals surface area contributed by atoms with Crippen molar-refractivity contribution in [2.24, 2.45) is 11.8 Å². The van der Waals surface area contributed by atoms with Gasteiger partial charge in [0.25, 0.3) is 5.91 Å². The van der Waals surface area contributed by atoms with Gasteiger partial charge in [-0.05, 0) is 74.4 Å². The van der Waals surface area contributed by atoms with Crippen molar-refractivity contribution in [1.82, 2.24) is 10.2 Å². The molecule has 0 aromatic heterocycles. The highest BCUT2D eigenvalue weighted by atomic mass is 19.1. The maximum atomic E-state index is 14.6. The molecule has 8 heteroatoms. The lowest BCUT2D eigenvalue weighted by Crippen LogP contribution is -2.77. The SMILES string of the molecule is O=C(C[NH+]=C(O)C1CC=C(c2ccc(OCC3CCNCC3)c(F)c2)CC1)N1CCOCC1. The van der Waals surface area contributed by atoms with Gasteiger partial charge < -0.3 is 24.8 Å². The molecule has 4 rings (SSSR count). The topological polar surface area (TPSA) is 85.0 Å². The van der Waals surface area contributed by atoms with Gasteiger partial charge in [0.15, 0.2) is 11.6 Å². The molecule has 0 bridgehead atoms. The molecule has 1 aliphatic carbocycles. The number of carbonyl (C=O) groups excluding carboxylic acids is 1. The highest BCUT2D eigenvalue weighted by Crippen LogP contribution is 2.32. The largest absolute Gasteiger partial charge is 0.490 e. The summed E-state index contributed by atoms with van der Waals surface area (Å²) in [5.41, 5.74) is 1.93. The summed E-state index contributed by atoms with van der Waals surface area (Å²) in [7, 11) is 0. The third-order valence-electron chi connectivity index (χ3n) is 6.82. The maximum absolute atomic E-state index is 14.6. The number of aliphatic hydroxyl groups excluding tert-OH is 1. The summed E-state index contributed by atoms with van der Waals surface area (Å²) in [6.45, 7) is 4.94. The molecule has 2 heterocycles. The molecule has 1 atom stereocenters. The molecule has 1 aromatic rings. The molecule has 33 heavy (non-hydrogen) atoms. The van der Waals surface area contributed by atoms with Crippen LogP contribution < -0.4 is 15.0 Å². The molecule has 7 nitrogen and oxygen atoms in total. The van der Waals surface area contributed by atoms with Crippen molar-refractivity contribution in [2.75, 3.05) is 52.5 Å². The second kappa shape index (κ2) is 11.6. The number of hydrogen-bond acceptors (Lipinski definition) is 4. The van der Waals surface area contributed by atoms with E-state index in [2.05, 4.69) is 16.4 Å². The fourth-order valence-electron chi connectivity index (χ4n) is 4.65. The number of rotatable bonds is 7. The second-order valence-electron chi connectivity index (χ2n) is 9.08. The van der Waals surface area contributed by atoms with Gasteiger partial charge in [-0.15, -0.1) is 0 Å². The lowest BCUT2D eigenvalue weighted by Gasteiger charge is -2.25. The minimum Gasteiger partial charge on any atom is -0.490 e. The molecule has 1 aromatic carbocycles. The van der Waals surface area contributed by atoms with E-state index in [4.69, 9.17) is 9.47 Å². The van der Waals surface area contributed by atoms with E-state index < -0.39 is 0 Å². The molecule has 1 amide bonds. The number of benzene rings is 1. The lowest BCUT2D eigenvalue weighted by atomic mass is 9.86. The van der Waals surface area contributed by atoms with Crippen LogP contribution in [0.5, 0.6) is 5.75 Å². The Kier molecular flexibility index (Phi) is 8.34. The molecule has 2 fully saturated rings. The van der Waals surface area contributed by atoms with Crippen LogP contribution in [0.25, 0.3) is 5.57 Å². The Morgan fingerprint density at radius 3 is 2.73 bits per heavy atom. The van der Waals surface area contributed by atoms with Gasteiger partial charge in [-0.1, -0.05) is 12.1 Å². The first-order chi connectivity index (χ1) is 16.1. The van der Waals surface area contributed by atoms with Gasteiger partial charge in [0, 0.05) is 13.1 Å². The van der Waals surface area contributed by atoms with E-state index in [1.54, 1.807) is 17.0 Å². The van der Waals surface area contributed by atoms with Crippen molar-refractivity contribution in [3.8, 4) is 5.75 Å². The van der Waals surface area contributed by atoms with Crippen LogP contribution in [0.15, 0.2) is 24.3 Å². The molecular weight excluding hydrogens is 425 g/mol. The number of carbonyl (C=O) groups is 1. The fraction of sp³-hybridized carbons (Fsp3) is 0.600. The number of allylic oxidation sites excluding steroid dienone is 2. The first-order valence-corrected chi connectivity index (χ1v) is 12.1. The van der Waals surface area contributed by atoms with E-state index in [-0.39, 0.29) is 30.1 Å². The van der Waals surface area contributed by atoms with Gasteiger partial charge in [0.2, 0.25) is 6.54 Å². The third kappa shape index (κ3) is 6.54. The van der Waals surface area contributed by atoms with E-state index in [0.717, 1.165) is 49.9 Å². The van der Waals surface area contributed by atoms with E-state index in [9.17, 15) is 14.3 Å². The minimum atomic E-state index is -0.331. The molecule has 180 valence electrons. The minimum absolute atomic E-state index is 0.0326. The number of halogens is 1. The molecule has 0 radical (unpaired) electrons. The highest BCUT2D eigenvalue weighted by Gasteiger charge is 2.26. The van der Waals surface area contributed by atoms with Gasteiger partial charge in [0.05, 0.1) is 25.7 Å². The van der Waals surface area contributed by atoms with Gasteiger partial charge in [0.1, 0.15) is 0 Å². The predicted octanol–water partition coefficient (Wildman–Crippen LogP) is 1.28. The van der Waals surface area contributed by atoms with Gasteiger partial charge in [-0.25, -0.2) is 9.38 Å². The monoisotopic (exact) mass is 460 g/mol. The molecule has 1 unspecified atom stereocenters. The Balaban J connectivity index is 1.28. The Labute approximate surface area is 194 Å². The number of ether oxygens (including phenoxy) is 2. The summed E-state index contributed by atoms with van der Waals surface area (Å²) in [5, 5.41) is 13.8. The predicted molar refractivity (Wildman–Crippen MR) is 124 cm³/mol. The molecule has 2 aliphatic heterocycles. The summed E-state index contributed by atoms with van der Waals surface area (Å²) < 4.78 is 25.6. The van der Waals surface area contributed by atoms with Crippen molar-refractivity contribution in [1.29, 1.82) is 0 Å². The third-order valence-corrected chi connectivity index (χ3v) is 6.82. The van der Waals surface area contributed by atoms with E-state index >= 15 is 0 Å². The van der Waals surface area contributed by atoms with Crippen LogP contribution >= 0.6 is 0 Å². The Morgan fingerprint density at radius 1 is 1.24 bits per heavy atom. The average molecular weight is 461 g/mol. The number of hydrogen-bond donors (Lipinski definition) is 3. The van der Waals surface area contributed by atoms with Crippen molar-refractivity contribution in [3.63, 3.8) is 0 Å². The summed E-state index contributed by atoms with van der Waals surface area (Å²) >= 11 is 0. The van der Waals surface area contributed by atoms with Gasteiger partial charge in [-0.3, -0.25) is 4.79 Å². The lowest BCUT2D eigenvalue weighted by molar-refractivity contribution is -0.458. The molecule has 0 saturated carbocycles. The Morgan fingerprint density at radius 2 is 2.03 bits per heavy atom. The molecule has 3 aliphatic rings. The summed E-state index contributed by atoms with van der Waals surface area (Å²) in [6, 6.07) is 5.18. The van der Waals surface area contributed by atoms with E-state index in [0.29, 0.717) is 51.0 Å². The number of nitrogens with zero attached hydrogens (tertiary/aromatic N) is 1. The van der Waals surface area contributed by atoms with Crippen LogP contribution in [-0.2, 0) is 9.53 Å². The van der Waals surface area contributed by atoms with Crippen LogP contribution in [0, 0.1) is 17.7 Å². The highest BCUT2D eigenvalue weighted by molar-refractivity contribution is 5.79. The fourth-order valence-corrected chi connectivity index (χ4v) is 4.65. The van der Waals surface area contributed by atoms with Crippen LogP contribution in [0.4, 0.5) is 4.39 Å². The normalized spacial score (nSPS) is 22.7. The number of amides is 1. The van der Waals surface area contributed by atoms with E-state index in [1.807, 2.05) is 6.07 Å². The number of nitrogens with one attached hydrogen (secondary N) is 2. The number of aliphatic hydroxyl groups is 1. The second-order valence-corrected chi connectivity index (χ2v) is 9.08. The standard InChI is InChI=1S/C25H34FN3O4/c26-22-15-21(5-6-23(22)33-17-18-7-9-27-10-8-18)19-1-3-20(4-2-19)25(31)28-16-24(30)29-11-13-32-14-12-29/h1,5-6,15,18,20,27H,2-4,7-14,16-17H2,(H,28,31)/p+1. The maximum Gasteiger partial charge on any atom is 0.336 e. The zero-order valence-electron chi connectivity index (χ0n) is 19.2. The van der Waals surface area contributed by atoms with Crippen molar-refractivity contribution >= 4 is 17.4 Å². The van der Waals surface area contributed by atoms with Crippen LogP contribution in [0.1, 0.15) is 37.7 Å². The van der Waals surface area contributed by atoms with Crippen LogP contribution in [-0.4, -0.2) is 74.4 Å². The molecule has 3 N–H and O–H groups in total. The van der Waals surface area contributed by atoms with Gasteiger partial charge >= 0.3 is 5.90 Å². The number of morpholine rings is 1. The van der Waals surface area contributed by atoms with Crippen LogP contribution in [0.3, 0.4) is 0 Å². The average Bonchev–Trinajstić information content (AvgIpc) is 2.87. The smallest absolute Gasteiger partial charge is 0.336 e. The Hall–Kier alpha value is -2.45. The first kappa shape index (κ1) is 23.7. The molecule has 0 spiro atoms. The zero-order chi connectivity index (χ0) is 23.0. The number of piperidine rings is 1. The molecule has 2 saturated heterocycles. The zero-order valence-corrected chi connectivity index (χ0v) is 19.2. The van der Waals surface area contributed by atoms with Crippen molar-refractivity contribution < 1.29 is 28.8 Å². The summed E-state index contributed by atoms with van der Waals surface area (Å²) in [4.78, 5) is 16.9. The summed E-state index contributed by atoms with van der Waals surface area (Å²) in [6.07, 6.45) is 6.31. The van der Waals surface area contributed by atoms with Crippen molar-refractivity contribution in [3.05, 3.63) is 35.7 Å². The van der Waals surface area contributed by atoms with Crippen LogP contribution in [0.2, 0.25) is 0 Å². The Bertz CT molecular complexity index is 876. The quantitative estimate of drug-likeness (QED) is 0.422. The van der Waals surface area contributed by atoms with Crippen molar-refractivity contribution in [2.45, 2.75) is 32.1 Å².